The number of hydrogen-bond acceptors (Lipinski definition) is 5. The van der Waals surface area contributed by atoms with Gasteiger partial charge in [0.1, 0.15) is 0 Å². The van der Waals surface area contributed by atoms with Crippen LogP contribution in [0.5, 0.6) is 11.5 Å². The van der Waals surface area contributed by atoms with E-state index in [-0.39, 0.29) is 24.0 Å². The quantitative estimate of drug-likeness (QED) is 0.321. The lowest BCUT2D eigenvalue weighted by atomic mass is 10.1. The Morgan fingerprint density at radius 2 is 1.77 bits per heavy atom. The van der Waals surface area contributed by atoms with Gasteiger partial charge in [-0.25, -0.2) is 0 Å². The van der Waals surface area contributed by atoms with Crippen molar-refractivity contribution in [1.29, 1.82) is 0 Å². The summed E-state index contributed by atoms with van der Waals surface area (Å²) in [4.78, 5) is 6.77. The molecule has 0 aliphatic carbocycles. The first-order valence-corrected chi connectivity index (χ1v) is 10.5. The minimum atomic E-state index is 0. The van der Waals surface area contributed by atoms with Gasteiger partial charge in [0.25, 0.3) is 0 Å². The molecular formula is C23H31IN4O3. The zero-order valence-electron chi connectivity index (χ0n) is 17.9. The van der Waals surface area contributed by atoms with Gasteiger partial charge in [0.15, 0.2) is 17.5 Å². The second-order valence-corrected chi connectivity index (χ2v) is 7.50. The Bertz CT molecular complexity index is 872. The minimum Gasteiger partial charge on any atom is -0.454 e. The van der Waals surface area contributed by atoms with E-state index in [2.05, 4.69) is 50.9 Å². The predicted molar refractivity (Wildman–Crippen MR) is 132 cm³/mol. The lowest BCUT2D eigenvalue weighted by Crippen LogP contribution is -2.38. The molecule has 8 heteroatoms. The summed E-state index contributed by atoms with van der Waals surface area (Å²) in [5.74, 6) is 2.45. The predicted octanol–water partition coefficient (Wildman–Crippen LogP) is 2.77. The molecule has 0 spiro atoms. The van der Waals surface area contributed by atoms with Gasteiger partial charge in [-0.15, -0.1) is 24.0 Å². The van der Waals surface area contributed by atoms with Gasteiger partial charge >= 0.3 is 0 Å². The number of morpholine rings is 1. The summed E-state index contributed by atoms with van der Waals surface area (Å²) >= 11 is 0. The molecule has 2 aliphatic heterocycles. The van der Waals surface area contributed by atoms with Crippen molar-refractivity contribution in [2.75, 3.05) is 46.7 Å². The third-order valence-corrected chi connectivity index (χ3v) is 5.33. The summed E-state index contributed by atoms with van der Waals surface area (Å²) in [6.07, 6.45) is 0.881. The van der Waals surface area contributed by atoms with Gasteiger partial charge in [0, 0.05) is 39.8 Å². The van der Waals surface area contributed by atoms with Crippen LogP contribution in [0, 0.1) is 0 Å². The fourth-order valence-electron chi connectivity index (χ4n) is 3.68. The van der Waals surface area contributed by atoms with Crippen LogP contribution in [-0.2, 0) is 24.2 Å². The van der Waals surface area contributed by atoms with Crippen LogP contribution in [0.4, 0.5) is 0 Å². The van der Waals surface area contributed by atoms with Crippen LogP contribution in [0.25, 0.3) is 0 Å². The molecule has 2 aliphatic rings. The maximum Gasteiger partial charge on any atom is 0.231 e. The van der Waals surface area contributed by atoms with E-state index < -0.39 is 0 Å². The first-order valence-electron chi connectivity index (χ1n) is 10.5. The smallest absolute Gasteiger partial charge is 0.231 e. The van der Waals surface area contributed by atoms with Gasteiger partial charge in [-0.05, 0) is 35.2 Å². The van der Waals surface area contributed by atoms with E-state index in [1.54, 1.807) is 7.05 Å². The number of ether oxygens (including phenoxy) is 3. The lowest BCUT2D eigenvalue weighted by Gasteiger charge is -2.26. The number of hydrogen-bond donors (Lipinski definition) is 2. The maximum atomic E-state index is 5.44. The average Bonchev–Trinajstić information content (AvgIpc) is 3.25. The molecule has 4 rings (SSSR count). The fourth-order valence-corrected chi connectivity index (χ4v) is 3.68. The van der Waals surface area contributed by atoms with Crippen molar-refractivity contribution in [3.63, 3.8) is 0 Å². The van der Waals surface area contributed by atoms with Crippen LogP contribution in [0.2, 0.25) is 0 Å². The van der Waals surface area contributed by atoms with Crippen molar-refractivity contribution in [3.8, 4) is 11.5 Å². The molecule has 1 fully saturated rings. The van der Waals surface area contributed by atoms with Crippen LogP contribution in [0.3, 0.4) is 0 Å². The minimum absolute atomic E-state index is 0. The van der Waals surface area contributed by atoms with Crippen LogP contribution in [0.15, 0.2) is 47.5 Å². The topological polar surface area (TPSA) is 67.4 Å². The molecule has 1 saturated heterocycles. The third kappa shape index (κ3) is 6.98. The Morgan fingerprint density at radius 3 is 2.61 bits per heavy atom. The number of rotatable bonds is 7. The van der Waals surface area contributed by atoms with Crippen LogP contribution in [-0.4, -0.2) is 57.5 Å². The van der Waals surface area contributed by atoms with Crippen molar-refractivity contribution in [3.05, 3.63) is 59.2 Å². The van der Waals surface area contributed by atoms with E-state index in [1.165, 1.54) is 16.7 Å². The van der Waals surface area contributed by atoms with Gasteiger partial charge in [0.2, 0.25) is 6.79 Å². The van der Waals surface area contributed by atoms with Crippen molar-refractivity contribution in [2.45, 2.75) is 19.5 Å². The summed E-state index contributed by atoms with van der Waals surface area (Å²) in [6.45, 7) is 6.47. The molecule has 2 heterocycles. The van der Waals surface area contributed by atoms with Gasteiger partial charge in [-0.1, -0.05) is 30.3 Å². The normalized spacial score (nSPS) is 16.0. The standard InChI is InChI=1S/C23H30N4O3.HI/c1-24-23(25-8-7-18-5-6-21-22(14-18)30-17-29-21)26-15-19-3-2-4-20(13-19)16-27-9-11-28-12-10-27;/h2-6,13-14H,7-12,15-17H2,1H3,(H2,24,25,26);1H. The van der Waals surface area contributed by atoms with E-state index in [0.29, 0.717) is 6.79 Å². The molecule has 0 bridgehead atoms. The van der Waals surface area contributed by atoms with Crippen molar-refractivity contribution >= 4 is 29.9 Å². The van der Waals surface area contributed by atoms with Crippen LogP contribution >= 0.6 is 24.0 Å². The molecule has 168 valence electrons. The Kier molecular flexibility index (Phi) is 9.23. The molecule has 2 aromatic carbocycles. The SMILES string of the molecule is CN=C(NCCc1ccc2c(c1)OCO2)NCc1cccc(CN2CCOCC2)c1.I. The van der Waals surface area contributed by atoms with Crippen molar-refractivity contribution in [1.82, 2.24) is 15.5 Å². The molecule has 0 atom stereocenters. The second-order valence-electron chi connectivity index (χ2n) is 7.50. The molecular weight excluding hydrogens is 507 g/mol. The first kappa shape index (κ1) is 23.6. The number of nitrogens with one attached hydrogen (secondary N) is 2. The molecule has 0 saturated carbocycles. The molecule has 2 N–H and O–H groups in total. The summed E-state index contributed by atoms with van der Waals surface area (Å²) in [5, 5.41) is 6.79. The summed E-state index contributed by atoms with van der Waals surface area (Å²) in [5.41, 5.74) is 3.79. The highest BCUT2D eigenvalue weighted by atomic mass is 127. The van der Waals surface area contributed by atoms with Gasteiger partial charge < -0.3 is 24.8 Å². The Labute approximate surface area is 201 Å². The maximum absolute atomic E-state index is 5.44. The molecule has 31 heavy (non-hydrogen) atoms. The van der Waals surface area contributed by atoms with Gasteiger partial charge in [0.05, 0.1) is 13.2 Å². The molecule has 0 aromatic heterocycles. The Morgan fingerprint density at radius 1 is 0.968 bits per heavy atom. The summed E-state index contributed by atoms with van der Waals surface area (Å²) in [7, 11) is 1.80. The summed E-state index contributed by atoms with van der Waals surface area (Å²) < 4.78 is 16.2. The van der Waals surface area contributed by atoms with Gasteiger partial charge in [-0.3, -0.25) is 9.89 Å². The van der Waals surface area contributed by atoms with Crippen LogP contribution in [0.1, 0.15) is 16.7 Å². The molecule has 0 radical (unpaired) electrons. The lowest BCUT2D eigenvalue weighted by molar-refractivity contribution is 0.0342. The number of benzene rings is 2. The highest BCUT2D eigenvalue weighted by molar-refractivity contribution is 14.0. The Balaban J connectivity index is 0.00000272. The largest absolute Gasteiger partial charge is 0.454 e. The zero-order chi connectivity index (χ0) is 20.6. The van der Waals surface area contributed by atoms with E-state index in [1.807, 2.05) is 12.1 Å². The number of halogens is 1. The van der Waals surface area contributed by atoms with Crippen molar-refractivity contribution < 1.29 is 14.2 Å². The number of guanidine groups is 1. The molecule has 0 amide bonds. The first-order chi connectivity index (χ1) is 14.8. The fraction of sp³-hybridized carbons (Fsp3) is 0.435. The zero-order valence-corrected chi connectivity index (χ0v) is 20.3. The Hall–Kier alpha value is -2.04. The van der Waals surface area contributed by atoms with Crippen LogP contribution < -0.4 is 20.1 Å². The van der Waals surface area contributed by atoms with E-state index in [4.69, 9.17) is 14.2 Å². The van der Waals surface area contributed by atoms with E-state index in [9.17, 15) is 0 Å². The number of aliphatic imine (C=N–C) groups is 1. The molecule has 0 unspecified atom stereocenters. The third-order valence-electron chi connectivity index (χ3n) is 5.33. The van der Waals surface area contributed by atoms with E-state index in [0.717, 1.165) is 69.8 Å². The number of fused-ring (bicyclic) bond motifs is 1. The highest BCUT2D eigenvalue weighted by Gasteiger charge is 2.13. The highest BCUT2D eigenvalue weighted by Crippen LogP contribution is 2.32. The molecule has 2 aromatic rings. The molecule has 7 nitrogen and oxygen atoms in total. The monoisotopic (exact) mass is 538 g/mol. The van der Waals surface area contributed by atoms with E-state index >= 15 is 0 Å². The average molecular weight is 538 g/mol. The van der Waals surface area contributed by atoms with Gasteiger partial charge in [-0.2, -0.15) is 0 Å². The number of nitrogens with zero attached hydrogens (tertiary/aromatic N) is 2. The second kappa shape index (κ2) is 12.1. The summed E-state index contributed by atoms with van der Waals surface area (Å²) in [6, 6.07) is 14.8. The van der Waals surface area contributed by atoms with Crippen molar-refractivity contribution in [2.24, 2.45) is 4.99 Å².